The number of aromatic carboxylic acids is 1. The van der Waals surface area contributed by atoms with Crippen LogP contribution in [-0.4, -0.2) is 22.2 Å². The van der Waals surface area contributed by atoms with Crippen LogP contribution in [0.5, 0.6) is 0 Å². The molecule has 0 fully saturated rings. The number of hydrogen-bond donors (Lipinski definition) is 2. The van der Waals surface area contributed by atoms with Gasteiger partial charge in [0.15, 0.2) is 0 Å². The molecule has 1 aromatic rings. The fraction of sp³-hybridized carbons (Fsp3) is 0.200. The molecular formula is C10H9BrO4. The summed E-state index contributed by atoms with van der Waals surface area (Å²) in [4.78, 5) is 21.0. The van der Waals surface area contributed by atoms with Crippen LogP contribution in [0, 0.1) is 0 Å². The molecule has 0 saturated carbocycles. The molecule has 1 rings (SSSR count). The summed E-state index contributed by atoms with van der Waals surface area (Å²) in [7, 11) is 0. The minimum absolute atomic E-state index is 0.0328. The number of hydrogen-bond acceptors (Lipinski definition) is 2. The number of carboxylic acids is 2. The van der Waals surface area contributed by atoms with E-state index in [-0.39, 0.29) is 12.0 Å². The Hall–Kier alpha value is -1.36. The molecule has 0 aliphatic rings. The van der Waals surface area contributed by atoms with E-state index in [1.54, 1.807) is 6.07 Å². The average Bonchev–Trinajstić information content (AvgIpc) is 2.15. The minimum atomic E-state index is -1.000. The zero-order chi connectivity index (χ0) is 11.4. The summed E-state index contributed by atoms with van der Waals surface area (Å²) in [6.45, 7) is 0. The second kappa shape index (κ2) is 4.93. The molecule has 0 atom stereocenters. The largest absolute Gasteiger partial charge is 0.481 e. The summed E-state index contributed by atoms with van der Waals surface area (Å²) in [5.41, 5.74) is 0.975. The number of carboxylic acid groups (broad SMARTS) is 2. The van der Waals surface area contributed by atoms with Crippen LogP contribution in [0.2, 0.25) is 0 Å². The van der Waals surface area contributed by atoms with Crippen LogP contribution < -0.4 is 0 Å². The van der Waals surface area contributed by atoms with Crippen molar-refractivity contribution in [3.05, 3.63) is 33.8 Å². The highest BCUT2D eigenvalue weighted by molar-refractivity contribution is 9.10. The van der Waals surface area contributed by atoms with Crippen LogP contribution in [0.25, 0.3) is 0 Å². The molecule has 0 bridgehead atoms. The minimum Gasteiger partial charge on any atom is -0.481 e. The Morgan fingerprint density at radius 1 is 1.27 bits per heavy atom. The Morgan fingerprint density at radius 2 is 1.93 bits per heavy atom. The lowest BCUT2D eigenvalue weighted by molar-refractivity contribution is -0.136. The molecule has 80 valence electrons. The summed E-state index contributed by atoms with van der Waals surface area (Å²) in [6.07, 6.45) is 0.417. The maximum atomic E-state index is 10.6. The quantitative estimate of drug-likeness (QED) is 0.881. The van der Waals surface area contributed by atoms with Crippen LogP contribution in [0.1, 0.15) is 22.3 Å². The smallest absolute Gasteiger partial charge is 0.335 e. The third-order valence-corrected chi connectivity index (χ3v) is 2.65. The second-order valence-electron chi connectivity index (χ2n) is 3.01. The molecule has 5 heteroatoms. The molecule has 0 radical (unpaired) electrons. The van der Waals surface area contributed by atoms with Crippen molar-refractivity contribution in [1.82, 2.24) is 0 Å². The molecule has 0 aromatic heterocycles. The first kappa shape index (κ1) is 11.7. The van der Waals surface area contributed by atoms with Gasteiger partial charge in [-0.25, -0.2) is 4.79 Å². The Morgan fingerprint density at radius 3 is 2.40 bits per heavy atom. The van der Waals surface area contributed by atoms with Crippen LogP contribution in [0.15, 0.2) is 22.7 Å². The Kier molecular flexibility index (Phi) is 3.85. The van der Waals surface area contributed by atoms with E-state index in [1.807, 2.05) is 0 Å². The van der Waals surface area contributed by atoms with Gasteiger partial charge in [0.2, 0.25) is 0 Å². The number of carbonyl (C=O) groups is 2. The SMILES string of the molecule is O=C(O)CCc1ccc(C(=O)O)cc1Br. The van der Waals surface area contributed by atoms with Gasteiger partial charge in [-0.05, 0) is 24.1 Å². The van der Waals surface area contributed by atoms with Gasteiger partial charge in [-0.3, -0.25) is 4.79 Å². The van der Waals surface area contributed by atoms with Crippen molar-refractivity contribution in [2.45, 2.75) is 12.8 Å². The molecule has 2 N–H and O–H groups in total. The number of aliphatic carboxylic acids is 1. The predicted molar refractivity (Wildman–Crippen MR) is 57.1 cm³/mol. The normalized spacial score (nSPS) is 9.93. The van der Waals surface area contributed by atoms with Crippen LogP contribution in [-0.2, 0) is 11.2 Å². The van der Waals surface area contributed by atoms with E-state index in [2.05, 4.69) is 15.9 Å². The molecule has 4 nitrogen and oxygen atoms in total. The lowest BCUT2D eigenvalue weighted by Crippen LogP contribution is -2.00. The molecular weight excluding hydrogens is 264 g/mol. The summed E-state index contributed by atoms with van der Waals surface area (Å²) in [5.74, 6) is -1.87. The number of aryl methyl sites for hydroxylation is 1. The Labute approximate surface area is 94.7 Å². The van der Waals surface area contributed by atoms with E-state index in [0.29, 0.717) is 10.9 Å². The van der Waals surface area contributed by atoms with Crippen LogP contribution in [0.4, 0.5) is 0 Å². The zero-order valence-corrected chi connectivity index (χ0v) is 9.32. The third-order valence-electron chi connectivity index (χ3n) is 1.91. The molecule has 0 saturated heterocycles. The van der Waals surface area contributed by atoms with Crippen molar-refractivity contribution in [2.75, 3.05) is 0 Å². The first-order chi connectivity index (χ1) is 7.00. The van der Waals surface area contributed by atoms with Gasteiger partial charge in [0.1, 0.15) is 0 Å². The lowest BCUT2D eigenvalue weighted by Gasteiger charge is -2.03. The van der Waals surface area contributed by atoms with Gasteiger partial charge in [-0.1, -0.05) is 22.0 Å². The van der Waals surface area contributed by atoms with Gasteiger partial charge in [0.05, 0.1) is 5.56 Å². The fourth-order valence-corrected chi connectivity index (χ4v) is 1.70. The molecule has 0 aliphatic carbocycles. The predicted octanol–water partition coefficient (Wildman–Crippen LogP) is 2.16. The van der Waals surface area contributed by atoms with E-state index >= 15 is 0 Å². The van der Waals surface area contributed by atoms with Crippen molar-refractivity contribution < 1.29 is 19.8 Å². The molecule has 0 unspecified atom stereocenters. The highest BCUT2D eigenvalue weighted by Crippen LogP contribution is 2.20. The highest BCUT2D eigenvalue weighted by Gasteiger charge is 2.07. The Balaban J connectivity index is 2.83. The van der Waals surface area contributed by atoms with Gasteiger partial charge in [0, 0.05) is 10.9 Å². The highest BCUT2D eigenvalue weighted by atomic mass is 79.9. The number of benzene rings is 1. The van der Waals surface area contributed by atoms with Crippen molar-refractivity contribution in [3.8, 4) is 0 Å². The second-order valence-corrected chi connectivity index (χ2v) is 3.86. The topological polar surface area (TPSA) is 74.6 Å². The van der Waals surface area contributed by atoms with Crippen molar-refractivity contribution in [1.29, 1.82) is 0 Å². The van der Waals surface area contributed by atoms with E-state index in [9.17, 15) is 9.59 Å². The van der Waals surface area contributed by atoms with Crippen molar-refractivity contribution in [3.63, 3.8) is 0 Å². The molecule has 0 spiro atoms. The zero-order valence-electron chi connectivity index (χ0n) is 7.74. The maximum Gasteiger partial charge on any atom is 0.335 e. The maximum absolute atomic E-state index is 10.6. The molecule has 15 heavy (non-hydrogen) atoms. The molecule has 0 heterocycles. The average molecular weight is 273 g/mol. The van der Waals surface area contributed by atoms with Gasteiger partial charge in [-0.15, -0.1) is 0 Å². The van der Waals surface area contributed by atoms with E-state index in [1.165, 1.54) is 12.1 Å². The number of halogens is 1. The number of rotatable bonds is 4. The standard InChI is InChI=1S/C10H9BrO4/c11-8-5-7(10(14)15)2-1-6(8)3-4-9(12)13/h1-2,5H,3-4H2,(H,12,13)(H,14,15). The molecule has 0 amide bonds. The van der Waals surface area contributed by atoms with E-state index in [4.69, 9.17) is 10.2 Å². The summed E-state index contributed by atoms with van der Waals surface area (Å²) >= 11 is 3.21. The van der Waals surface area contributed by atoms with E-state index < -0.39 is 11.9 Å². The summed E-state index contributed by atoms with van der Waals surface area (Å²) < 4.78 is 0.628. The Bertz CT molecular complexity index is 400. The van der Waals surface area contributed by atoms with Crippen LogP contribution >= 0.6 is 15.9 Å². The first-order valence-corrected chi connectivity index (χ1v) is 5.03. The monoisotopic (exact) mass is 272 g/mol. The van der Waals surface area contributed by atoms with Crippen LogP contribution in [0.3, 0.4) is 0 Å². The summed E-state index contributed by atoms with van der Waals surface area (Å²) in [5, 5.41) is 17.2. The van der Waals surface area contributed by atoms with Gasteiger partial charge < -0.3 is 10.2 Å². The first-order valence-electron chi connectivity index (χ1n) is 4.24. The van der Waals surface area contributed by atoms with Gasteiger partial charge in [0.25, 0.3) is 0 Å². The lowest BCUT2D eigenvalue weighted by atomic mass is 10.1. The van der Waals surface area contributed by atoms with Gasteiger partial charge >= 0.3 is 11.9 Å². The van der Waals surface area contributed by atoms with Crippen molar-refractivity contribution >= 4 is 27.9 Å². The van der Waals surface area contributed by atoms with E-state index in [0.717, 1.165) is 5.56 Å². The summed E-state index contributed by atoms with van der Waals surface area (Å²) in [6, 6.07) is 4.56. The van der Waals surface area contributed by atoms with Crippen molar-refractivity contribution in [2.24, 2.45) is 0 Å². The molecule has 1 aromatic carbocycles. The fourth-order valence-electron chi connectivity index (χ4n) is 1.12. The van der Waals surface area contributed by atoms with Gasteiger partial charge in [-0.2, -0.15) is 0 Å². The third kappa shape index (κ3) is 3.36. The molecule has 0 aliphatic heterocycles.